The summed E-state index contributed by atoms with van der Waals surface area (Å²) in [5.74, 6) is -0.936. The van der Waals surface area contributed by atoms with Gasteiger partial charge >= 0.3 is 12.0 Å². The highest BCUT2D eigenvalue weighted by molar-refractivity contribution is 5.31. The van der Waals surface area contributed by atoms with Gasteiger partial charge < -0.3 is 15.2 Å². The molecule has 0 aliphatic rings. The molecule has 1 N–H and O–H groups in total. The molecule has 0 saturated carbocycles. The van der Waals surface area contributed by atoms with E-state index in [1.165, 1.54) is 0 Å². The Bertz CT molecular complexity index is 392. The Morgan fingerprint density at radius 1 is 1.47 bits per heavy atom. The molecule has 1 aromatic heterocycles. The van der Waals surface area contributed by atoms with Crippen molar-refractivity contribution in [3.8, 4) is 0 Å². The molecule has 0 saturated heterocycles. The van der Waals surface area contributed by atoms with E-state index in [4.69, 9.17) is 5.11 Å². The van der Waals surface area contributed by atoms with E-state index in [2.05, 4.69) is 4.98 Å². The zero-order valence-corrected chi connectivity index (χ0v) is 7.15. The summed E-state index contributed by atoms with van der Waals surface area (Å²) in [5, 5.41) is 18.8. The molecule has 1 rings (SSSR count). The maximum absolute atomic E-state index is 12.2. The molecule has 0 spiro atoms. The van der Waals surface area contributed by atoms with Gasteiger partial charge in [0.25, 0.3) is 0 Å². The summed E-state index contributed by atoms with van der Waals surface area (Å²) in [5.41, 5.74) is -1.59. The Morgan fingerprint density at radius 3 is 2.47 bits per heavy atom. The number of nitro groups is 1. The number of aliphatic hydroxyl groups excluding tert-OH is 1. The molecule has 0 bridgehead atoms. The Balaban J connectivity index is 3.30. The zero-order chi connectivity index (χ0) is 11.6. The molecular weight excluding hydrogens is 217 g/mol. The van der Waals surface area contributed by atoms with E-state index in [1.807, 2.05) is 0 Å². The first-order valence-electron chi connectivity index (χ1n) is 3.68. The van der Waals surface area contributed by atoms with Crippen LogP contribution in [0.15, 0.2) is 12.1 Å². The molecule has 5 nitrogen and oxygen atoms in total. The van der Waals surface area contributed by atoms with Crippen LogP contribution in [0.1, 0.15) is 11.3 Å². The Hall–Kier alpha value is -1.70. The lowest BCUT2D eigenvalue weighted by Crippen LogP contribution is -2.08. The van der Waals surface area contributed by atoms with Crippen LogP contribution in [0.2, 0.25) is 0 Å². The minimum atomic E-state index is -4.70. The van der Waals surface area contributed by atoms with Crippen LogP contribution in [-0.2, 0) is 12.8 Å². The highest BCUT2D eigenvalue weighted by Gasteiger charge is 2.33. The summed E-state index contributed by atoms with van der Waals surface area (Å²) in [6.07, 6.45) is -4.70. The molecule has 0 amide bonds. The van der Waals surface area contributed by atoms with Gasteiger partial charge in [-0.05, 0) is 16.0 Å². The molecular formula is C7H5F3N2O3. The molecule has 1 heterocycles. The van der Waals surface area contributed by atoms with E-state index in [9.17, 15) is 23.3 Å². The Labute approximate surface area is 81.3 Å². The number of aliphatic hydroxyl groups is 1. The highest BCUT2D eigenvalue weighted by atomic mass is 19.4. The van der Waals surface area contributed by atoms with Crippen molar-refractivity contribution in [2.75, 3.05) is 0 Å². The fourth-order valence-corrected chi connectivity index (χ4v) is 0.910. The number of aromatic nitrogens is 1. The van der Waals surface area contributed by atoms with Gasteiger partial charge in [0.1, 0.15) is 6.61 Å². The second-order valence-corrected chi connectivity index (χ2v) is 2.62. The van der Waals surface area contributed by atoms with E-state index >= 15 is 0 Å². The molecule has 0 aliphatic heterocycles. The van der Waals surface area contributed by atoms with Crippen molar-refractivity contribution in [2.45, 2.75) is 12.8 Å². The highest BCUT2D eigenvalue weighted by Crippen LogP contribution is 2.31. The van der Waals surface area contributed by atoms with Crippen LogP contribution in [0.5, 0.6) is 0 Å². The monoisotopic (exact) mass is 222 g/mol. The van der Waals surface area contributed by atoms with Gasteiger partial charge in [-0.15, -0.1) is 0 Å². The van der Waals surface area contributed by atoms with E-state index < -0.39 is 34.8 Å². The van der Waals surface area contributed by atoms with Gasteiger partial charge in [-0.1, -0.05) is 0 Å². The topological polar surface area (TPSA) is 76.3 Å². The van der Waals surface area contributed by atoms with Gasteiger partial charge in [-0.25, -0.2) is 0 Å². The maximum Gasteiger partial charge on any atom is 0.416 e. The summed E-state index contributed by atoms with van der Waals surface area (Å²) in [7, 11) is 0. The summed E-state index contributed by atoms with van der Waals surface area (Å²) < 4.78 is 36.6. The summed E-state index contributed by atoms with van der Waals surface area (Å²) in [6.45, 7) is -0.787. The van der Waals surface area contributed by atoms with Crippen molar-refractivity contribution in [2.24, 2.45) is 0 Å². The first kappa shape index (κ1) is 11.4. The maximum atomic E-state index is 12.2. The van der Waals surface area contributed by atoms with Gasteiger partial charge in [-0.2, -0.15) is 13.2 Å². The van der Waals surface area contributed by atoms with Gasteiger partial charge in [0, 0.05) is 6.07 Å². The number of nitrogens with zero attached hydrogens (tertiary/aromatic N) is 2. The first-order valence-corrected chi connectivity index (χ1v) is 3.68. The van der Waals surface area contributed by atoms with Crippen molar-refractivity contribution in [3.05, 3.63) is 33.5 Å². The van der Waals surface area contributed by atoms with E-state index in [0.717, 1.165) is 0 Å². The van der Waals surface area contributed by atoms with Crippen LogP contribution in [-0.4, -0.2) is 15.0 Å². The van der Waals surface area contributed by atoms with E-state index in [0.29, 0.717) is 12.1 Å². The molecule has 0 atom stereocenters. The molecule has 0 radical (unpaired) electrons. The normalized spacial score (nSPS) is 11.5. The van der Waals surface area contributed by atoms with Crippen molar-refractivity contribution < 1.29 is 23.2 Å². The average molecular weight is 222 g/mol. The number of hydrogen-bond acceptors (Lipinski definition) is 4. The molecule has 0 unspecified atom stereocenters. The summed E-state index contributed by atoms with van der Waals surface area (Å²) in [6, 6.07) is 0.881. The van der Waals surface area contributed by atoms with Crippen molar-refractivity contribution in [1.29, 1.82) is 0 Å². The fraction of sp³-hybridized carbons (Fsp3) is 0.286. The third kappa shape index (κ3) is 2.62. The number of rotatable bonds is 2. The second-order valence-electron chi connectivity index (χ2n) is 2.62. The average Bonchev–Trinajstić information content (AvgIpc) is 2.15. The molecule has 1 aromatic rings. The smallest absolute Gasteiger partial charge is 0.388 e. The largest absolute Gasteiger partial charge is 0.416 e. The van der Waals surface area contributed by atoms with Crippen LogP contribution in [0.3, 0.4) is 0 Å². The fourth-order valence-electron chi connectivity index (χ4n) is 0.910. The number of halogens is 3. The third-order valence-electron chi connectivity index (χ3n) is 1.54. The van der Waals surface area contributed by atoms with Crippen LogP contribution in [0.25, 0.3) is 0 Å². The van der Waals surface area contributed by atoms with Crippen LogP contribution in [0.4, 0.5) is 19.0 Å². The Kier molecular flexibility index (Phi) is 2.89. The predicted molar refractivity (Wildman–Crippen MR) is 41.8 cm³/mol. The summed E-state index contributed by atoms with van der Waals surface area (Å²) in [4.78, 5) is 12.4. The lowest BCUT2D eigenvalue weighted by Gasteiger charge is -2.05. The number of alkyl halides is 3. The minimum absolute atomic E-state index is 0.319. The predicted octanol–water partition coefficient (Wildman–Crippen LogP) is 1.50. The van der Waals surface area contributed by atoms with Crippen LogP contribution >= 0.6 is 0 Å². The molecule has 82 valence electrons. The van der Waals surface area contributed by atoms with Crippen molar-refractivity contribution in [3.63, 3.8) is 0 Å². The molecule has 0 fully saturated rings. The zero-order valence-electron chi connectivity index (χ0n) is 7.15. The Morgan fingerprint density at radius 2 is 2.07 bits per heavy atom. The first-order chi connectivity index (χ1) is 6.84. The van der Waals surface area contributed by atoms with Gasteiger partial charge in [0.15, 0.2) is 5.69 Å². The van der Waals surface area contributed by atoms with Crippen LogP contribution < -0.4 is 0 Å². The standard InChI is InChI=1S/C7H5F3N2O3/c8-7(9,10)4-1-5(3-13)11-6(2-4)12(14)15/h1-2,13H,3H2. The van der Waals surface area contributed by atoms with Crippen molar-refractivity contribution in [1.82, 2.24) is 4.98 Å². The molecule has 15 heavy (non-hydrogen) atoms. The summed E-state index contributed by atoms with van der Waals surface area (Å²) >= 11 is 0. The number of hydrogen-bond donors (Lipinski definition) is 1. The molecule has 0 aliphatic carbocycles. The molecule has 8 heteroatoms. The van der Waals surface area contributed by atoms with E-state index in [-0.39, 0.29) is 0 Å². The molecule has 0 aromatic carbocycles. The number of pyridine rings is 1. The van der Waals surface area contributed by atoms with Crippen LogP contribution in [0, 0.1) is 10.1 Å². The SMILES string of the molecule is O=[N+]([O-])c1cc(C(F)(F)F)cc(CO)n1. The minimum Gasteiger partial charge on any atom is -0.388 e. The second kappa shape index (κ2) is 3.81. The lowest BCUT2D eigenvalue weighted by molar-refractivity contribution is -0.389. The lowest BCUT2D eigenvalue weighted by atomic mass is 10.2. The van der Waals surface area contributed by atoms with Crippen molar-refractivity contribution >= 4 is 5.82 Å². The van der Waals surface area contributed by atoms with Gasteiger partial charge in [-0.3, -0.25) is 0 Å². The van der Waals surface area contributed by atoms with Gasteiger partial charge in [0.2, 0.25) is 0 Å². The van der Waals surface area contributed by atoms with Gasteiger partial charge in [0.05, 0.1) is 5.56 Å². The van der Waals surface area contributed by atoms with E-state index in [1.54, 1.807) is 0 Å². The quantitative estimate of drug-likeness (QED) is 0.607. The third-order valence-corrected chi connectivity index (χ3v) is 1.54.